The summed E-state index contributed by atoms with van der Waals surface area (Å²) in [6.07, 6.45) is 2.67. The van der Waals surface area contributed by atoms with Crippen molar-refractivity contribution in [2.75, 3.05) is 53.6 Å². The first-order valence-corrected chi connectivity index (χ1v) is 16.6. The number of carbonyl (C=O) groups is 4. The van der Waals surface area contributed by atoms with Gasteiger partial charge in [0.1, 0.15) is 17.9 Å². The van der Waals surface area contributed by atoms with Gasteiger partial charge >= 0.3 is 5.97 Å². The molecule has 2 saturated heterocycles. The number of amides is 2. The molecule has 2 amide bonds. The molecule has 0 radical (unpaired) electrons. The zero-order chi connectivity index (χ0) is 34.0. The van der Waals surface area contributed by atoms with E-state index in [1.807, 2.05) is 31.2 Å². The molecule has 2 aromatic carbocycles. The fourth-order valence-electron chi connectivity index (χ4n) is 5.80. The van der Waals surface area contributed by atoms with E-state index in [2.05, 4.69) is 5.32 Å². The van der Waals surface area contributed by atoms with Gasteiger partial charge in [-0.1, -0.05) is 46.4 Å². The predicted octanol–water partition coefficient (Wildman–Crippen LogP) is 4.75. The Bertz CT molecular complexity index is 1400. The van der Waals surface area contributed by atoms with Gasteiger partial charge in [0.2, 0.25) is 5.78 Å². The molecule has 2 atom stereocenters. The molecule has 0 aromatic heterocycles. The summed E-state index contributed by atoms with van der Waals surface area (Å²) < 4.78 is 23.0. The van der Waals surface area contributed by atoms with E-state index in [-0.39, 0.29) is 19.9 Å². The molecule has 0 spiro atoms. The molecule has 2 aromatic rings. The number of nitrogens with zero attached hydrogens (tertiary/aromatic N) is 2. The van der Waals surface area contributed by atoms with Crippen LogP contribution in [0.5, 0.6) is 17.2 Å². The number of nitrogens with one attached hydrogen (secondary N) is 1. The van der Waals surface area contributed by atoms with Crippen LogP contribution in [0.3, 0.4) is 0 Å². The van der Waals surface area contributed by atoms with Crippen molar-refractivity contribution in [3.05, 3.63) is 53.6 Å². The standard InChI is InChI=1S/C36H49N3O8.CH4/c1-6-36(2,3)33(41)34(42)39-19-8-7-12-28(39)35(43)47-29(15-13-25-14-16-30(44-4)31(22-25)45-5)26-10-9-11-27(23-26)46-24-32(40)38-20-17-37-18-21-38;/h9-11,14,16,22-23,28-29,37H,6-8,12-13,15,17-21,24H2,1-5H3;1H4/t28?,29-;/m1./s1. The molecule has 0 aliphatic carbocycles. The molecule has 2 aliphatic rings. The number of piperazine rings is 1. The summed E-state index contributed by atoms with van der Waals surface area (Å²) in [6.45, 7) is 8.38. The average Bonchev–Trinajstić information content (AvgIpc) is 3.11. The van der Waals surface area contributed by atoms with Crippen molar-refractivity contribution in [1.82, 2.24) is 15.1 Å². The second-order valence-corrected chi connectivity index (χ2v) is 12.7. The van der Waals surface area contributed by atoms with Crippen LogP contribution in [0.25, 0.3) is 0 Å². The van der Waals surface area contributed by atoms with Crippen molar-refractivity contribution < 1.29 is 38.1 Å². The topological polar surface area (TPSA) is 124 Å². The maximum Gasteiger partial charge on any atom is 0.329 e. The summed E-state index contributed by atoms with van der Waals surface area (Å²) in [5, 5.41) is 3.23. The van der Waals surface area contributed by atoms with Crippen molar-refractivity contribution >= 4 is 23.6 Å². The number of methoxy groups -OCH3 is 2. The van der Waals surface area contributed by atoms with Crippen molar-refractivity contribution in [2.45, 2.75) is 78.9 Å². The summed E-state index contributed by atoms with van der Waals surface area (Å²) >= 11 is 0. The van der Waals surface area contributed by atoms with Gasteiger partial charge in [0, 0.05) is 38.1 Å². The fraction of sp³-hybridized carbons (Fsp3) is 0.568. The lowest BCUT2D eigenvalue weighted by molar-refractivity contribution is -0.164. The molecule has 1 unspecified atom stereocenters. The van der Waals surface area contributed by atoms with Gasteiger partial charge in [-0.3, -0.25) is 14.4 Å². The minimum absolute atomic E-state index is 0. The smallest absolute Gasteiger partial charge is 0.329 e. The average molecular weight is 668 g/mol. The van der Waals surface area contributed by atoms with Crippen molar-refractivity contribution in [2.24, 2.45) is 5.41 Å². The second kappa shape index (κ2) is 17.9. The van der Waals surface area contributed by atoms with Crippen LogP contribution >= 0.6 is 0 Å². The van der Waals surface area contributed by atoms with E-state index in [0.29, 0.717) is 74.6 Å². The third kappa shape index (κ3) is 9.71. The van der Waals surface area contributed by atoms with Crippen LogP contribution in [-0.4, -0.2) is 93.0 Å². The van der Waals surface area contributed by atoms with Gasteiger partial charge in [0.05, 0.1) is 14.2 Å². The number of esters is 1. The Hall–Kier alpha value is -4.12. The van der Waals surface area contributed by atoms with Crippen LogP contribution in [0.2, 0.25) is 0 Å². The normalized spacial score (nSPS) is 17.1. The minimum Gasteiger partial charge on any atom is -0.493 e. The first kappa shape index (κ1) is 38.3. The molecule has 2 heterocycles. The maximum atomic E-state index is 13.9. The van der Waals surface area contributed by atoms with Gasteiger partial charge in [-0.25, -0.2) is 4.79 Å². The molecule has 11 heteroatoms. The molecule has 2 aliphatic heterocycles. The van der Waals surface area contributed by atoms with Gasteiger partial charge in [0.15, 0.2) is 18.1 Å². The third-order valence-electron chi connectivity index (χ3n) is 9.19. The van der Waals surface area contributed by atoms with E-state index in [9.17, 15) is 19.2 Å². The molecule has 0 bridgehead atoms. The number of ether oxygens (including phenoxy) is 4. The van der Waals surface area contributed by atoms with Crippen LogP contribution in [0.4, 0.5) is 0 Å². The summed E-state index contributed by atoms with van der Waals surface area (Å²) in [5.74, 6) is -0.0647. The number of ketones is 1. The van der Waals surface area contributed by atoms with Gasteiger partial charge in [-0.05, 0) is 73.9 Å². The van der Waals surface area contributed by atoms with Gasteiger partial charge in [-0.15, -0.1) is 0 Å². The summed E-state index contributed by atoms with van der Waals surface area (Å²) in [6, 6.07) is 12.0. The zero-order valence-electron chi connectivity index (χ0n) is 28.3. The Morgan fingerprint density at radius 2 is 1.69 bits per heavy atom. The second-order valence-electron chi connectivity index (χ2n) is 12.7. The SMILES string of the molecule is C.CCC(C)(C)C(=O)C(=O)N1CCCCC1C(=O)O[C@H](CCc1ccc(OC)c(OC)c1)c1cccc(OCC(=O)N2CCNCC2)c1. The van der Waals surface area contributed by atoms with E-state index in [0.717, 1.165) is 25.1 Å². The van der Waals surface area contributed by atoms with Crippen LogP contribution < -0.4 is 19.5 Å². The van der Waals surface area contributed by atoms with Crippen molar-refractivity contribution in [1.29, 1.82) is 0 Å². The summed E-state index contributed by atoms with van der Waals surface area (Å²) in [7, 11) is 3.16. The van der Waals surface area contributed by atoms with E-state index in [1.165, 1.54) is 4.90 Å². The molecule has 0 saturated carbocycles. The number of piperidine rings is 1. The molecule has 48 heavy (non-hydrogen) atoms. The number of Topliss-reactive ketones (excluding diaryl/α,β-unsaturated/α-hetero) is 1. The van der Waals surface area contributed by atoms with E-state index in [4.69, 9.17) is 18.9 Å². The molecular weight excluding hydrogens is 614 g/mol. The molecule has 1 N–H and O–H groups in total. The third-order valence-corrected chi connectivity index (χ3v) is 9.19. The lowest BCUT2D eigenvalue weighted by atomic mass is 9.84. The van der Waals surface area contributed by atoms with Crippen LogP contribution in [-0.2, 0) is 30.3 Å². The van der Waals surface area contributed by atoms with Gasteiger partial charge < -0.3 is 34.1 Å². The molecule has 11 nitrogen and oxygen atoms in total. The molecular formula is C37H53N3O8. The highest BCUT2D eigenvalue weighted by atomic mass is 16.5. The van der Waals surface area contributed by atoms with Crippen molar-refractivity contribution in [3.8, 4) is 17.2 Å². The van der Waals surface area contributed by atoms with Crippen LogP contribution in [0.15, 0.2) is 42.5 Å². The number of hydrogen-bond donors (Lipinski definition) is 1. The summed E-state index contributed by atoms with van der Waals surface area (Å²) in [4.78, 5) is 56.2. The lowest BCUT2D eigenvalue weighted by Crippen LogP contribution is -2.53. The highest BCUT2D eigenvalue weighted by molar-refractivity contribution is 6.38. The van der Waals surface area contributed by atoms with Crippen LogP contribution in [0.1, 0.15) is 77.5 Å². The molecule has 4 rings (SSSR count). The van der Waals surface area contributed by atoms with Gasteiger partial charge in [0.25, 0.3) is 11.8 Å². The highest BCUT2D eigenvalue weighted by Gasteiger charge is 2.41. The first-order chi connectivity index (χ1) is 22.6. The molecule has 264 valence electrons. The quantitative estimate of drug-likeness (QED) is 0.225. The number of rotatable bonds is 14. The predicted molar refractivity (Wildman–Crippen MR) is 183 cm³/mol. The number of carbonyl (C=O) groups excluding carboxylic acids is 4. The Morgan fingerprint density at radius 1 is 0.958 bits per heavy atom. The number of likely N-dealkylation sites (tertiary alicyclic amines) is 1. The summed E-state index contributed by atoms with van der Waals surface area (Å²) in [5.41, 5.74) is 0.833. The largest absolute Gasteiger partial charge is 0.493 e. The lowest BCUT2D eigenvalue weighted by Gasteiger charge is -2.36. The van der Waals surface area contributed by atoms with Crippen LogP contribution in [0, 0.1) is 5.41 Å². The number of aryl methyl sites for hydroxylation is 1. The Labute approximate surface area is 285 Å². The number of benzene rings is 2. The highest BCUT2D eigenvalue weighted by Crippen LogP contribution is 2.32. The molecule has 2 fully saturated rings. The van der Waals surface area contributed by atoms with Gasteiger partial charge in [-0.2, -0.15) is 0 Å². The van der Waals surface area contributed by atoms with E-state index >= 15 is 0 Å². The van der Waals surface area contributed by atoms with E-state index in [1.54, 1.807) is 51.2 Å². The maximum absolute atomic E-state index is 13.9. The van der Waals surface area contributed by atoms with E-state index < -0.39 is 35.2 Å². The number of hydrogen-bond acceptors (Lipinski definition) is 9. The monoisotopic (exact) mass is 667 g/mol. The fourth-order valence-corrected chi connectivity index (χ4v) is 5.80. The Morgan fingerprint density at radius 3 is 2.38 bits per heavy atom. The Balaban J connectivity index is 0.00000625. The van der Waals surface area contributed by atoms with Crippen molar-refractivity contribution in [3.63, 3.8) is 0 Å². The zero-order valence-corrected chi connectivity index (χ0v) is 28.3. The first-order valence-electron chi connectivity index (χ1n) is 16.6. The minimum atomic E-state index is -0.854. The Kier molecular flexibility index (Phi) is 14.3.